The quantitative estimate of drug-likeness (QED) is 0.917. The first-order chi connectivity index (χ1) is 11.2. The van der Waals surface area contributed by atoms with E-state index in [2.05, 4.69) is 4.57 Å². The third kappa shape index (κ3) is 3.35. The van der Waals surface area contributed by atoms with E-state index in [4.69, 9.17) is 5.11 Å². The summed E-state index contributed by atoms with van der Waals surface area (Å²) in [6.07, 6.45) is 0. The number of para-hydroxylation sites is 1. The fourth-order valence-electron chi connectivity index (χ4n) is 2.94. The fraction of sp³-hybridized carbons (Fsp3) is 0.368. The number of benzene rings is 1. The van der Waals surface area contributed by atoms with Gasteiger partial charge in [0.15, 0.2) is 0 Å². The number of rotatable bonds is 5. The van der Waals surface area contributed by atoms with E-state index < -0.39 is 11.9 Å². The second kappa shape index (κ2) is 6.91. The SMILES string of the molecule is Cc1ccccc1-n1c(C)cc(C(=O)N(C)CC(C)C(=O)O)c1C. The molecule has 128 valence electrons. The molecule has 0 aliphatic heterocycles. The Morgan fingerprint density at radius 1 is 1.21 bits per heavy atom. The normalized spacial score (nSPS) is 12.0. The average Bonchev–Trinajstić information content (AvgIpc) is 2.82. The van der Waals surface area contributed by atoms with E-state index >= 15 is 0 Å². The van der Waals surface area contributed by atoms with Gasteiger partial charge < -0.3 is 14.6 Å². The minimum Gasteiger partial charge on any atom is -0.481 e. The molecule has 5 heteroatoms. The summed E-state index contributed by atoms with van der Waals surface area (Å²) >= 11 is 0. The molecule has 1 heterocycles. The molecule has 0 aliphatic rings. The maximum atomic E-state index is 12.7. The molecule has 2 aromatic rings. The van der Waals surface area contributed by atoms with Crippen molar-refractivity contribution in [1.82, 2.24) is 9.47 Å². The number of carboxylic acids is 1. The van der Waals surface area contributed by atoms with Gasteiger partial charge in [-0.1, -0.05) is 25.1 Å². The molecule has 1 unspecified atom stereocenters. The summed E-state index contributed by atoms with van der Waals surface area (Å²) in [7, 11) is 1.64. The van der Waals surface area contributed by atoms with Gasteiger partial charge in [-0.15, -0.1) is 0 Å². The van der Waals surface area contributed by atoms with Crippen molar-refractivity contribution < 1.29 is 14.7 Å². The van der Waals surface area contributed by atoms with Crippen LogP contribution in [-0.4, -0.2) is 40.0 Å². The molecule has 1 amide bonds. The molecule has 24 heavy (non-hydrogen) atoms. The predicted octanol–water partition coefficient (Wildman–Crippen LogP) is 3.20. The molecule has 5 nitrogen and oxygen atoms in total. The molecule has 0 aliphatic carbocycles. The van der Waals surface area contributed by atoms with E-state index in [1.165, 1.54) is 4.90 Å². The maximum absolute atomic E-state index is 12.7. The zero-order valence-corrected chi connectivity index (χ0v) is 14.8. The van der Waals surface area contributed by atoms with E-state index in [9.17, 15) is 9.59 Å². The van der Waals surface area contributed by atoms with Crippen LogP contribution in [-0.2, 0) is 4.79 Å². The Balaban J connectivity index is 2.37. The third-order valence-corrected chi connectivity index (χ3v) is 4.33. The van der Waals surface area contributed by atoms with Gasteiger partial charge in [-0.25, -0.2) is 0 Å². The first kappa shape index (κ1) is 17.8. The average molecular weight is 328 g/mol. The summed E-state index contributed by atoms with van der Waals surface area (Å²) in [5.41, 5.74) is 4.63. The van der Waals surface area contributed by atoms with Crippen LogP contribution >= 0.6 is 0 Å². The van der Waals surface area contributed by atoms with Crippen LogP contribution in [0.3, 0.4) is 0 Å². The Kier molecular flexibility index (Phi) is 5.12. The summed E-state index contributed by atoms with van der Waals surface area (Å²) in [6.45, 7) is 7.71. The highest BCUT2D eigenvalue weighted by molar-refractivity contribution is 5.96. The van der Waals surface area contributed by atoms with Crippen LogP contribution in [0.5, 0.6) is 0 Å². The lowest BCUT2D eigenvalue weighted by Gasteiger charge is -2.19. The van der Waals surface area contributed by atoms with E-state index in [1.54, 1.807) is 14.0 Å². The van der Waals surface area contributed by atoms with Gasteiger partial charge in [0, 0.05) is 30.7 Å². The largest absolute Gasteiger partial charge is 0.481 e. The van der Waals surface area contributed by atoms with Crippen molar-refractivity contribution in [2.45, 2.75) is 27.7 Å². The van der Waals surface area contributed by atoms with E-state index in [-0.39, 0.29) is 12.5 Å². The number of carboxylic acid groups (broad SMARTS) is 1. The van der Waals surface area contributed by atoms with Gasteiger partial charge in [0.05, 0.1) is 11.5 Å². The number of aromatic nitrogens is 1. The van der Waals surface area contributed by atoms with Crippen LogP contribution < -0.4 is 0 Å². The molecule has 2 rings (SSSR count). The second-order valence-corrected chi connectivity index (χ2v) is 6.33. The number of aryl methyl sites for hydroxylation is 2. The van der Waals surface area contributed by atoms with Crippen molar-refractivity contribution in [2.24, 2.45) is 5.92 Å². The van der Waals surface area contributed by atoms with Crippen molar-refractivity contribution in [2.75, 3.05) is 13.6 Å². The Bertz CT molecular complexity index is 777. The highest BCUT2D eigenvalue weighted by Gasteiger charge is 2.23. The van der Waals surface area contributed by atoms with Crippen LogP contribution in [0.4, 0.5) is 0 Å². The molecule has 0 bridgehead atoms. The number of carbonyl (C=O) groups excluding carboxylic acids is 1. The Labute approximate surface area is 142 Å². The minimum absolute atomic E-state index is 0.156. The number of hydrogen-bond acceptors (Lipinski definition) is 2. The van der Waals surface area contributed by atoms with E-state index in [0.29, 0.717) is 5.56 Å². The summed E-state index contributed by atoms with van der Waals surface area (Å²) in [6, 6.07) is 9.89. The maximum Gasteiger partial charge on any atom is 0.308 e. The van der Waals surface area contributed by atoms with Crippen molar-refractivity contribution in [3.8, 4) is 5.69 Å². The second-order valence-electron chi connectivity index (χ2n) is 6.33. The summed E-state index contributed by atoms with van der Waals surface area (Å²) in [4.78, 5) is 25.2. The van der Waals surface area contributed by atoms with Gasteiger partial charge in [0.2, 0.25) is 0 Å². The topological polar surface area (TPSA) is 62.5 Å². The van der Waals surface area contributed by atoms with Gasteiger partial charge in [0.25, 0.3) is 5.91 Å². The number of nitrogens with zero attached hydrogens (tertiary/aromatic N) is 2. The molecule has 0 saturated heterocycles. The molecule has 0 saturated carbocycles. The highest BCUT2D eigenvalue weighted by atomic mass is 16.4. The number of carbonyl (C=O) groups is 2. The summed E-state index contributed by atoms with van der Waals surface area (Å²) in [5.74, 6) is -1.66. The Hall–Kier alpha value is -2.56. The first-order valence-corrected chi connectivity index (χ1v) is 7.97. The summed E-state index contributed by atoms with van der Waals surface area (Å²) in [5, 5.41) is 9.02. The molecule has 1 aromatic heterocycles. The zero-order chi connectivity index (χ0) is 18.0. The van der Waals surface area contributed by atoms with Gasteiger partial charge in [-0.2, -0.15) is 0 Å². The number of hydrogen-bond donors (Lipinski definition) is 1. The van der Waals surface area contributed by atoms with Crippen LogP contribution in [0.1, 0.15) is 34.2 Å². The molecular weight excluding hydrogens is 304 g/mol. The summed E-state index contributed by atoms with van der Waals surface area (Å²) < 4.78 is 2.07. The monoisotopic (exact) mass is 328 g/mol. The molecular formula is C19H24N2O3. The van der Waals surface area contributed by atoms with Gasteiger partial charge >= 0.3 is 5.97 Å². The van der Waals surface area contributed by atoms with Crippen molar-refractivity contribution in [3.63, 3.8) is 0 Å². The standard InChI is InChI=1S/C19H24N2O3/c1-12-8-6-7-9-17(12)21-14(3)10-16(15(21)4)18(22)20(5)11-13(2)19(23)24/h6-10,13H,11H2,1-5H3,(H,23,24). The van der Waals surface area contributed by atoms with Crippen LogP contribution in [0.2, 0.25) is 0 Å². The Morgan fingerprint density at radius 2 is 1.83 bits per heavy atom. The van der Waals surface area contributed by atoms with Crippen molar-refractivity contribution >= 4 is 11.9 Å². The van der Waals surface area contributed by atoms with Crippen LogP contribution in [0.15, 0.2) is 30.3 Å². The molecule has 0 spiro atoms. The lowest BCUT2D eigenvalue weighted by Crippen LogP contribution is -2.33. The molecule has 1 N–H and O–H groups in total. The molecule has 0 radical (unpaired) electrons. The fourth-order valence-corrected chi connectivity index (χ4v) is 2.94. The van der Waals surface area contributed by atoms with Crippen LogP contribution in [0, 0.1) is 26.7 Å². The van der Waals surface area contributed by atoms with Gasteiger partial charge in [0.1, 0.15) is 0 Å². The van der Waals surface area contributed by atoms with E-state index in [1.807, 2.05) is 51.1 Å². The molecule has 1 atom stereocenters. The lowest BCUT2D eigenvalue weighted by molar-refractivity contribution is -0.141. The van der Waals surface area contributed by atoms with Gasteiger partial charge in [-0.3, -0.25) is 9.59 Å². The Morgan fingerprint density at radius 3 is 2.42 bits per heavy atom. The van der Waals surface area contributed by atoms with Gasteiger partial charge in [-0.05, 0) is 38.5 Å². The lowest BCUT2D eigenvalue weighted by atomic mass is 10.1. The number of aliphatic carboxylic acids is 1. The minimum atomic E-state index is -0.903. The highest BCUT2D eigenvalue weighted by Crippen LogP contribution is 2.24. The smallest absolute Gasteiger partial charge is 0.308 e. The predicted molar refractivity (Wildman–Crippen MR) is 93.7 cm³/mol. The third-order valence-electron chi connectivity index (χ3n) is 4.33. The van der Waals surface area contributed by atoms with Crippen molar-refractivity contribution in [1.29, 1.82) is 0 Å². The van der Waals surface area contributed by atoms with Crippen molar-refractivity contribution in [3.05, 3.63) is 52.8 Å². The zero-order valence-electron chi connectivity index (χ0n) is 14.8. The van der Waals surface area contributed by atoms with Crippen LogP contribution in [0.25, 0.3) is 5.69 Å². The van der Waals surface area contributed by atoms with E-state index in [0.717, 1.165) is 22.6 Å². The first-order valence-electron chi connectivity index (χ1n) is 7.97. The molecule has 0 fully saturated rings. The number of amides is 1. The molecule has 1 aromatic carbocycles.